The molecule has 0 nitrogen and oxygen atoms in total. The molecule has 0 heterocycles. The first-order chi connectivity index (χ1) is 6.36. The molecule has 0 aromatic heterocycles. The van der Waals surface area contributed by atoms with E-state index in [9.17, 15) is 0 Å². The Hall–Kier alpha value is -1.78. The summed E-state index contributed by atoms with van der Waals surface area (Å²) in [5.74, 6) is 0. The van der Waals surface area contributed by atoms with Gasteiger partial charge in [-0.05, 0) is 34.8 Å². The first-order valence-corrected chi connectivity index (χ1v) is 4.35. The molecule has 0 N–H and O–H groups in total. The van der Waals surface area contributed by atoms with Gasteiger partial charge in [-0.15, -0.1) is 0 Å². The Morgan fingerprint density at radius 1 is 1.00 bits per heavy atom. The normalized spacial score (nSPS) is 17.3. The summed E-state index contributed by atoms with van der Waals surface area (Å²) in [6.45, 7) is 5.72. The number of hydrogen-bond acceptors (Lipinski definition) is 0. The second kappa shape index (κ2) is 2.12. The van der Waals surface area contributed by atoms with E-state index in [0.717, 1.165) is 5.57 Å². The minimum absolute atomic E-state index is 0.841. The monoisotopic (exact) mass is 164 g/mol. The highest BCUT2D eigenvalue weighted by Gasteiger charge is 2.26. The molecule has 0 radical (unpaired) electrons. The lowest BCUT2D eigenvalue weighted by Gasteiger charge is -2.29. The topological polar surface area (TPSA) is 0 Å². The van der Waals surface area contributed by atoms with Crippen molar-refractivity contribution in [2.24, 2.45) is 0 Å². The molecule has 2 aliphatic carbocycles. The fourth-order valence-electron chi connectivity index (χ4n) is 1.91. The zero-order chi connectivity index (χ0) is 8.84. The van der Waals surface area contributed by atoms with E-state index in [1.165, 1.54) is 22.3 Å². The van der Waals surface area contributed by atoms with E-state index in [1.54, 1.807) is 0 Å². The minimum atomic E-state index is 0.841. The van der Waals surface area contributed by atoms with E-state index in [1.807, 2.05) is 12.5 Å². The Balaban J connectivity index is 2.26. The highest BCUT2D eigenvalue weighted by atomic mass is 14.3. The molecule has 0 aliphatic heterocycles. The Morgan fingerprint density at radius 2 is 1.69 bits per heavy atom. The quantitative estimate of drug-likeness (QED) is 0.517. The zero-order valence-corrected chi connectivity index (χ0v) is 7.12. The molecular weight excluding hydrogens is 156 g/mol. The van der Waals surface area contributed by atoms with Gasteiger partial charge in [0.2, 0.25) is 0 Å². The van der Waals surface area contributed by atoms with Crippen LogP contribution >= 0.6 is 0 Å². The molecule has 0 fully saturated rings. The van der Waals surface area contributed by atoms with Crippen molar-refractivity contribution in [1.29, 1.82) is 0 Å². The number of benzene rings is 1. The summed E-state index contributed by atoms with van der Waals surface area (Å²) in [6.07, 6.45) is 6.08. The zero-order valence-electron chi connectivity index (χ0n) is 7.12. The van der Waals surface area contributed by atoms with Crippen LogP contribution in [0.25, 0.3) is 11.1 Å². The highest BCUT2D eigenvalue weighted by Crippen LogP contribution is 2.47. The second-order valence-corrected chi connectivity index (χ2v) is 3.35. The molecule has 13 heavy (non-hydrogen) atoms. The van der Waals surface area contributed by atoms with Crippen molar-refractivity contribution in [2.75, 3.05) is 0 Å². The van der Waals surface area contributed by atoms with Gasteiger partial charge in [0.1, 0.15) is 0 Å². The summed E-state index contributed by atoms with van der Waals surface area (Å²) < 4.78 is 0. The fourth-order valence-corrected chi connectivity index (χ4v) is 1.91. The van der Waals surface area contributed by atoms with E-state index in [-0.39, 0.29) is 0 Å². The smallest absolute Gasteiger partial charge is 0.00916 e. The maximum Gasteiger partial charge on any atom is 0.00916 e. The van der Waals surface area contributed by atoms with Crippen molar-refractivity contribution in [1.82, 2.24) is 0 Å². The summed E-state index contributed by atoms with van der Waals surface area (Å²) >= 11 is 0. The number of hydrogen-bond donors (Lipinski definition) is 0. The summed E-state index contributed by atoms with van der Waals surface area (Å²) in [5, 5.41) is 0. The van der Waals surface area contributed by atoms with Gasteiger partial charge in [-0.1, -0.05) is 30.3 Å². The van der Waals surface area contributed by atoms with Crippen molar-refractivity contribution >= 4 is 11.1 Å². The maximum atomic E-state index is 5.72. The van der Waals surface area contributed by atoms with Gasteiger partial charge in [0.15, 0.2) is 0 Å². The van der Waals surface area contributed by atoms with E-state index in [4.69, 9.17) is 6.58 Å². The van der Waals surface area contributed by atoms with Gasteiger partial charge in [0, 0.05) is 5.57 Å². The van der Waals surface area contributed by atoms with Crippen molar-refractivity contribution in [3.8, 4) is 0 Å². The van der Waals surface area contributed by atoms with Crippen molar-refractivity contribution in [3.63, 3.8) is 0 Å². The largest absolute Gasteiger partial charge is 0.158 e. The standard InChI is InChI=1S/C13H8/c1-9-6-7-12-10-4-2-3-5-11(10)13(12)8-9/h1-8H. The van der Waals surface area contributed by atoms with E-state index in [2.05, 4.69) is 30.3 Å². The Labute approximate surface area is 77.9 Å². The molecule has 60 valence electrons. The molecule has 0 bridgehead atoms. The average Bonchev–Trinajstić information content (AvgIpc) is 2.15. The Kier molecular flexibility index (Phi) is 1.10. The third kappa shape index (κ3) is 0.756. The van der Waals surface area contributed by atoms with Gasteiger partial charge in [-0.25, -0.2) is 0 Å². The predicted octanol–water partition coefficient (Wildman–Crippen LogP) is 3.04. The second-order valence-electron chi connectivity index (χ2n) is 3.35. The maximum absolute atomic E-state index is 5.72. The number of allylic oxidation sites excluding steroid dienone is 5. The van der Waals surface area contributed by atoms with Crippen LogP contribution < -0.4 is 0 Å². The first-order valence-electron chi connectivity index (χ1n) is 4.35. The lowest BCUT2D eigenvalue weighted by molar-refractivity contribution is 1.42. The Morgan fingerprint density at radius 3 is 2.46 bits per heavy atom. The van der Waals surface area contributed by atoms with Crippen molar-refractivity contribution in [3.05, 3.63) is 66.1 Å². The van der Waals surface area contributed by atoms with Crippen LogP contribution in [0.1, 0.15) is 11.1 Å². The van der Waals surface area contributed by atoms with Crippen LogP contribution in [0.3, 0.4) is 0 Å². The molecule has 0 heteroatoms. The van der Waals surface area contributed by atoms with Gasteiger partial charge < -0.3 is 0 Å². The van der Waals surface area contributed by atoms with Gasteiger partial charge in [0.25, 0.3) is 0 Å². The van der Waals surface area contributed by atoms with Gasteiger partial charge in [0.05, 0.1) is 0 Å². The van der Waals surface area contributed by atoms with Crippen LogP contribution in [0.4, 0.5) is 0 Å². The molecular formula is C13H8. The average molecular weight is 164 g/mol. The van der Waals surface area contributed by atoms with Crippen LogP contribution in [-0.2, 0) is 0 Å². The minimum Gasteiger partial charge on any atom is -0.158 e. The number of fused-ring (bicyclic) bond motifs is 4. The molecule has 0 spiro atoms. The van der Waals surface area contributed by atoms with Crippen molar-refractivity contribution in [2.45, 2.75) is 0 Å². The molecule has 0 unspecified atom stereocenters. The van der Waals surface area contributed by atoms with Crippen LogP contribution in [0, 0.1) is 13.0 Å². The summed E-state index contributed by atoms with van der Waals surface area (Å²) in [5.41, 5.74) is 6.12. The fraction of sp³-hybridized carbons (Fsp3) is 0. The molecule has 2 aliphatic rings. The van der Waals surface area contributed by atoms with Crippen LogP contribution in [-0.4, -0.2) is 0 Å². The molecule has 1 aromatic carbocycles. The molecule has 0 amide bonds. The van der Waals surface area contributed by atoms with Gasteiger partial charge in [-0.3, -0.25) is 0 Å². The third-order valence-corrected chi connectivity index (χ3v) is 2.55. The van der Waals surface area contributed by atoms with Crippen molar-refractivity contribution < 1.29 is 0 Å². The lowest BCUT2D eigenvalue weighted by atomic mass is 9.74. The van der Waals surface area contributed by atoms with E-state index >= 15 is 0 Å². The predicted molar refractivity (Wildman–Crippen MR) is 54.5 cm³/mol. The number of rotatable bonds is 0. The van der Waals surface area contributed by atoms with Gasteiger partial charge in [-0.2, -0.15) is 6.58 Å². The lowest BCUT2D eigenvalue weighted by Crippen LogP contribution is -2.08. The molecule has 0 saturated carbocycles. The van der Waals surface area contributed by atoms with Crippen LogP contribution in [0.15, 0.2) is 42.0 Å². The molecule has 1 aromatic rings. The Bertz CT molecular complexity index is 459. The molecule has 3 rings (SSSR count). The van der Waals surface area contributed by atoms with Crippen LogP contribution in [0.2, 0.25) is 0 Å². The SMILES string of the molecule is [CH+]=C1C=C2C(=C[CH-]1)c1ccccc12. The van der Waals surface area contributed by atoms with E-state index in [0.29, 0.717) is 0 Å². The molecule has 0 atom stereocenters. The summed E-state index contributed by atoms with van der Waals surface area (Å²) in [4.78, 5) is 0. The summed E-state index contributed by atoms with van der Waals surface area (Å²) in [6, 6.07) is 8.41. The van der Waals surface area contributed by atoms with Crippen LogP contribution in [0.5, 0.6) is 0 Å². The highest BCUT2D eigenvalue weighted by molar-refractivity contribution is 6.18. The summed E-state index contributed by atoms with van der Waals surface area (Å²) in [7, 11) is 0. The van der Waals surface area contributed by atoms with Gasteiger partial charge >= 0.3 is 0 Å². The third-order valence-electron chi connectivity index (χ3n) is 2.55. The van der Waals surface area contributed by atoms with E-state index < -0.39 is 0 Å². The first kappa shape index (κ1) is 6.71. The molecule has 0 saturated heterocycles.